The minimum Gasteiger partial charge on any atom is -0.357 e. The molecule has 1 aromatic carbocycles. The molecule has 2 aromatic rings. The molecule has 2 rings (SSSR count). The highest BCUT2D eigenvalue weighted by molar-refractivity contribution is 7.16. The second kappa shape index (κ2) is 4.89. The van der Waals surface area contributed by atoms with Crippen LogP contribution in [0.5, 0.6) is 0 Å². The average Bonchev–Trinajstić information content (AvgIpc) is 2.61. The predicted octanol–water partition coefficient (Wildman–Crippen LogP) is 4.61. The molecule has 0 fully saturated rings. The Bertz CT molecular complexity index is 600. The van der Waals surface area contributed by atoms with Crippen LogP contribution in [-0.4, -0.2) is 10.5 Å². The van der Waals surface area contributed by atoms with Gasteiger partial charge in [-0.05, 0) is 45.9 Å². The molecule has 102 valence electrons. The Morgan fingerprint density at radius 1 is 1.16 bits per heavy atom. The summed E-state index contributed by atoms with van der Waals surface area (Å²) in [6.07, 6.45) is 0. The molecule has 0 aliphatic rings. The van der Waals surface area contributed by atoms with Crippen molar-refractivity contribution in [1.82, 2.24) is 4.98 Å². The summed E-state index contributed by atoms with van der Waals surface area (Å²) in [6, 6.07) is 3.85. The number of benzene rings is 1. The molecule has 0 bridgehead atoms. The van der Waals surface area contributed by atoms with Crippen LogP contribution >= 0.6 is 11.3 Å². The number of anilines is 1. The largest absolute Gasteiger partial charge is 0.357 e. The van der Waals surface area contributed by atoms with Gasteiger partial charge in [-0.25, -0.2) is 13.8 Å². The first-order valence-electron chi connectivity index (χ1n) is 5.97. The summed E-state index contributed by atoms with van der Waals surface area (Å²) in [5.41, 5.74) is 1.19. The molecule has 0 aliphatic carbocycles. The van der Waals surface area contributed by atoms with Gasteiger partial charge in [0.2, 0.25) is 0 Å². The molecule has 5 heteroatoms. The van der Waals surface area contributed by atoms with Crippen LogP contribution in [0.1, 0.15) is 25.6 Å². The number of aryl methyl sites for hydroxylation is 1. The first-order chi connectivity index (χ1) is 8.76. The van der Waals surface area contributed by atoms with Gasteiger partial charge in [0.1, 0.15) is 0 Å². The monoisotopic (exact) mass is 282 g/mol. The number of hydrogen-bond acceptors (Lipinski definition) is 3. The number of aromatic nitrogens is 1. The zero-order valence-corrected chi connectivity index (χ0v) is 12.2. The van der Waals surface area contributed by atoms with Crippen molar-refractivity contribution in [3.05, 3.63) is 34.7 Å². The van der Waals surface area contributed by atoms with Gasteiger partial charge < -0.3 is 5.32 Å². The first-order valence-corrected chi connectivity index (χ1v) is 6.79. The van der Waals surface area contributed by atoms with Gasteiger partial charge in [-0.1, -0.05) is 0 Å². The maximum atomic E-state index is 13.3. The molecule has 0 spiro atoms. The second-order valence-electron chi connectivity index (χ2n) is 5.43. The Labute approximate surface area is 115 Å². The van der Waals surface area contributed by atoms with Crippen molar-refractivity contribution in [3.63, 3.8) is 0 Å². The quantitative estimate of drug-likeness (QED) is 0.870. The molecule has 0 saturated heterocycles. The Morgan fingerprint density at radius 2 is 1.84 bits per heavy atom. The van der Waals surface area contributed by atoms with Gasteiger partial charge in [0.05, 0.1) is 5.69 Å². The number of hydrogen-bond donors (Lipinski definition) is 1. The van der Waals surface area contributed by atoms with Crippen LogP contribution in [0, 0.1) is 18.6 Å². The number of rotatable bonds is 2. The van der Waals surface area contributed by atoms with Crippen molar-refractivity contribution >= 4 is 16.5 Å². The lowest BCUT2D eigenvalue weighted by molar-refractivity contribution is 0.509. The maximum absolute atomic E-state index is 13.3. The van der Waals surface area contributed by atoms with E-state index < -0.39 is 11.6 Å². The van der Waals surface area contributed by atoms with E-state index in [0.29, 0.717) is 11.3 Å². The van der Waals surface area contributed by atoms with Gasteiger partial charge in [-0.2, -0.15) is 0 Å². The lowest BCUT2D eigenvalue weighted by atomic mass is 10.1. The third-order valence-electron chi connectivity index (χ3n) is 2.47. The van der Waals surface area contributed by atoms with Crippen molar-refractivity contribution in [3.8, 4) is 11.3 Å². The van der Waals surface area contributed by atoms with E-state index in [1.54, 1.807) is 6.07 Å². The minimum absolute atomic E-state index is 0.0877. The van der Waals surface area contributed by atoms with Crippen molar-refractivity contribution in [2.24, 2.45) is 0 Å². The first kappa shape index (κ1) is 13.9. The lowest BCUT2D eigenvalue weighted by Crippen LogP contribution is -2.25. The summed E-state index contributed by atoms with van der Waals surface area (Å²) in [6.45, 7) is 8.05. The number of halogens is 2. The third-order valence-corrected chi connectivity index (χ3v) is 3.36. The molecule has 0 radical (unpaired) electrons. The fourth-order valence-corrected chi connectivity index (χ4v) is 2.73. The lowest BCUT2D eigenvalue weighted by Gasteiger charge is -2.19. The van der Waals surface area contributed by atoms with Gasteiger partial charge >= 0.3 is 0 Å². The smallest absolute Gasteiger partial charge is 0.183 e. The predicted molar refractivity (Wildman–Crippen MR) is 75.6 cm³/mol. The van der Waals surface area contributed by atoms with Gasteiger partial charge in [0, 0.05) is 16.0 Å². The number of nitrogens with zero attached hydrogens (tertiary/aromatic N) is 1. The van der Waals surface area contributed by atoms with Crippen molar-refractivity contribution in [2.75, 3.05) is 5.32 Å². The highest BCUT2D eigenvalue weighted by Gasteiger charge is 2.16. The van der Waals surface area contributed by atoms with Crippen LogP contribution in [0.3, 0.4) is 0 Å². The summed E-state index contributed by atoms with van der Waals surface area (Å²) in [5, 5.41) is 4.06. The van der Waals surface area contributed by atoms with Gasteiger partial charge in [-0.3, -0.25) is 0 Å². The molecule has 0 saturated carbocycles. The van der Waals surface area contributed by atoms with Crippen LogP contribution in [-0.2, 0) is 0 Å². The fourth-order valence-electron chi connectivity index (χ4n) is 1.68. The standard InChI is InChI=1S/C14H16F2N2S/c1-8-12(9-5-6-10(15)11(16)7-9)17-13(19-8)18-14(2,3)4/h5-7H,1-4H3,(H,17,18). The highest BCUT2D eigenvalue weighted by atomic mass is 32.1. The van der Waals surface area contributed by atoms with Crippen molar-refractivity contribution in [1.29, 1.82) is 0 Å². The topological polar surface area (TPSA) is 24.9 Å². The molecule has 0 amide bonds. The summed E-state index contributed by atoms with van der Waals surface area (Å²) in [7, 11) is 0. The van der Waals surface area contributed by atoms with Gasteiger partial charge in [0.25, 0.3) is 0 Å². The Morgan fingerprint density at radius 3 is 2.42 bits per heavy atom. The summed E-state index contributed by atoms with van der Waals surface area (Å²) in [4.78, 5) is 5.42. The summed E-state index contributed by atoms with van der Waals surface area (Å²) in [5.74, 6) is -1.69. The van der Waals surface area contributed by atoms with Crippen molar-refractivity contribution < 1.29 is 8.78 Å². The third kappa shape index (κ3) is 3.29. The van der Waals surface area contributed by atoms with E-state index in [-0.39, 0.29) is 5.54 Å². The molecular weight excluding hydrogens is 266 g/mol. The fraction of sp³-hybridized carbons (Fsp3) is 0.357. The highest BCUT2D eigenvalue weighted by Crippen LogP contribution is 2.32. The van der Waals surface area contributed by atoms with E-state index in [9.17, 15) is 8.78 Å². The molecule has 1 N–H and O–H groups in total. The minimum atomic E-state index is -0.852. The summed E-state index contributed by atoms with van der Waals surface area (Å²) < 4.78 is 26.2. The van der Waals surface area contributed by atoms with E-state index in [2.05, 4.69) is 10.3 Å². The molecule has 2 nitrogen and oxygen atoms in total. The summed E-state index contributed by atoms with van der Waals surface area (Å²) >= 11 is 1.51. The molecule has 1 aromatic heterocycles. The SMILES string of the molecule is Cc1sc(NC(C)(C)C)nc1-c1ccc(F)c(F)c1. The van der Waals surface area contributed by atoms with Crippen molar-refractivity contribution in [2.45, 2.75) is 33.2 Å². The van der Waals surface area contributed by atoms with Crippen LogP contribution in [0.15, 0.2) is 18.2 Å². The van der Waals surface area contributed by atoms with Gasteiger partial charge in [-0.15, -0.1) is 11.3 Å². The van der Waals surface area contributed by atoms with E-state index in [1.165, 1.54) is 17.4 Å². The molecular formula is C14H16F2N2S. The number of nitrogens with one attached hydrogen (secondary N) is 1. The van der Waals surface area contributed by atoms with E-state index in [1.807, 2.05) is 27.7 Å². The second-order valence-corrected chi connectivity index (χ2v) is 6.63. The number of thiazole rings is 1. The van der Waals surface area contributed by atoms with E-state index in [0.717, 1.165) is 16.1 Å². The Kier molecular flexibility index (Phi) is 3.58. The average molecular weight is 282 g/mol. The van der Waals surface area contributed by atoms with Gasteiger partial charge in [0.15, 0.2) is 16.8 Å². The Hall–Kier alpha value is -1.49. The molecule has 0 unspecified atom stereocenters. The van der Waals surface area contributed by atoms with Crippen LogP contribution in [0.4, 0.5) is 13.9 Å². The zero-order valence-electron chi connectivity index (χ0n) is 11.3. The Balaban J connectivity index is 2.37. The van der Waals surface area contributed by atoms with E-state index in [4.69, 9.17) is 0 Å². The normalized spacial score (nSPS) is 11.7. The van der Waals surface area contributed by atoms with Crippen LogP contribution in [0.2, 0.25) is 0 Å². The van der Waals surface area contributed by atoms with Crippen LogP contribution < -0.4 is 5.32 Å². The van der Waals surface area contributed by atoms with E-state index >= 15 is 0 Å². The molecule has 0 aliphatic heterocycles. The molecule has 1 heterocycles. The molecule has 19 heavy (non-hydrogen) atoms. The maximum Gasteiger partial charge on any atom is 0.183 e. The van der Waals surface area contributed by atoms with Crippen LogP contribution in [0.25, 0.3) is 11.3 Å². The zero-order chi connectivity index (χ0) is 14.2. The molecule has 0 atom stereocenters.